The normalized spacial score (nSPS) is 14.4. The van der Waals surface area contributed by atoms with Gasteiger partial charge in [-0.25, -0.2) is 4.98 Å². The van der Waals surface area contributed by atoms with Crippen LogP contribution in [0.25, 0.3) is 5.69 Å². The summed E-state index contributed by atoms with van der Waals surface area (Å²) in [5, 5.41) is 3.45. The Morgan fingerprint density at radius 3 is 2.57 bits per heavy atom. The number of furan rings is 1. The minimum absolute atomic E-state index is 0. The molecule has 4 rings (SSSR count). The van der Waals surface area contributed by atoms with Crippen molar-refractivity contribution in [3.05, 3.63) is 72.7 Å². The Hall–Kier alpha value is -2.82. The highest BCUT2D eigenvalue weighted by Crippen LogP contribution is 2.14. The van der Waals surface area contributed by atoms with Crippen LogP contribution in [0.5, 0.6) is 0 Å². The van der Waals surface area contributed by atoms with Crippen molar-refractivity contribution in [1.82, 2.24) is 24.7 Å². The highest BCUT2D eigenvalue weighted by Gasteiger charge is 2.25. The molecule has 1 aliphatic heterocycles. The summed E-state index contributed by atoms with van der Waals surface area (Å²) in [5.74, 6) is 1.15. The average molecular weight is 520 g/mol. The van der Waals surface area contributed by atoms with E-state index in [9.17, 15) is 4.79 Å². The van der Waals surface area contributed by atoms with Gasteiger partial charge in [0.2, 0.25) is 0 Å². The Balaban J connectivity index is 0.00000256. The van der Waals surface area contributed by atoms with Gasteiger partial charge in [-0.15, -0.1) is 24.0 Å². The van der Waals surface area contributed by atoms with Crippen LogP contribution in [0.15, 0.2) is 70.8 Å². The summed E-state index contributed by atoms with van der Waals surface area (Å²) in [7, 11) is 1.78. The second-order valence-electron chi connectivity index (χ2n) is 6.76. The number of nitrogens with one attached hydrogen (secondary N) is 1. The van der Waals surface area contributed by atoms with Crippen molar-refractivity contribution >= 4 is 35.8 Å². The van der Waals surface area contributed by atoms with Gasteiger partial charge in [0.15, 0.2) is 11.7 Å². The molecule has 3 heterocycles. The first-order valence-electron chi connectivity index (χ1n) is 9.61. The molecule has 0 atom stereocenters. The minimum atomic E-state index is -0.0631. The van der Waals surface area contributed by atoms with E-state index >= 15 is 0 Å². The van der Waals surface area contributed by atoms with Crippen LogP contribution in [0.4, 0.5) is 0 Å². The number of nitrogens with zero attached hydrogens (tertiary/aromatic N) is 5. The number of guanidine groups is 1. The molecule has 3 aromatic rings. The highest BCUT2D eigenvalue weighted by molar-refractivity contribution is 14.0. The maximum absolute atomic E-state index is 12.4. The zero-order chi connectivity index (χ0) is 20.1. The van der Waals surface area contributed by atoms with Crippen LogP contribution < -0.4 is 5.32 Å². The van der Waals surface area contributed by atoms with E-state index in [0.717, 1.165) is 30.3 Å². The molecular formula is C21H25IN6O2. The van der Waals surface area contributed by atoms with E-state index in [1.165, 1.54) is 6.26 Å². The van der Waals surface area contributed by atoms with Crippen molar-refractivity contribution in [3.63, 3.8) is 0 Å². The first-order chi connectivity index (χ1) is 14.3. The fourth-order valence-electron chi connectivity index (χ4n) is 3.50. The molecule has 1 aromatic carbocycles. The summed E-state index contributed by atoms with van der Waals surface area (Å²) in [4.78, 5) is 25.0. The van der Waals surface area contributed by atoms with E-state index in [0.29, 0.717) is 25.4 Å². The molecule has 158 valence electrons. The highest BCUT2D eigenvalue weighted by atomic mass is 127. The first kappa shape index (κ1) is 21.9. The molecule has 0 radical (unpaired) electrons. The van der Waals surface area contributed by atoms with Crippen molar-refractivity contribution in [2.24, 2.45) is 4.99 Å². The number of piperazine rings is 1. The van der Waals surface area contributed by atoms with E-state index < -0.39 is 0 Å². The molecule has 8 nitrogen and oxygen atoms in total. The Morgan fingerprint density at radius 1 is 1.13 bits per heavy atom. The van der Waals surface area contributed by atoms with Gasteiger partial charge >= 0.3 is 0 Å². The van der Waals surface area contributed by atoms with Crippen LogP contribution in [0.2, 0.25) is 0 Å². The molecule has 2 aromatic heterocycles. The SMILES string of the molecule is CN=C(NCc1ccccc1-n1ccnc1)N1CCN(C(=O)c2ccco2)CC1.I. The molecule has 1 N–H and O–H groups in total. The number of hydrogen-bond donors (Lipinski definition) is 1. The van der Waals surface area contributed by atoms with Gasteiger partial charge in [-0.05, 0) is 23.8 Å². The molecule has 9 heteroatoms. The maximum Gasteiger partial charge on any atom is 0.289 e. The third kappa shape index (κ3) is 4.84. The molecule has 0 spiro atoms. The summed E-state index contributed by atoms with van der Waals surface area (Å²) in [6.45, 7) is 3.34. The van der Waals surface area contributed by atoms with Crippen molar-refractivity contribution in [3.8, 4) is 5.69 Å². The van der Waals surface area contributed by atoms with Gasteiger partial charge in [-0.2, -0.15) is 0 Å². The molecule has 0 saturated carbocycles. The van der Waals surface area contributed by atoms with E-state index in [-0.39, 0.29) is 29.9 Å². The monoisotopic (exact) mass is 520 g/mol. The number of para-hydroxylation sites is 1. The van der Waals surface area contributed by atoms with Crippen LogP contribution in [-0.4, -0.2) is 64.4 Å². The van der Waals surface area contributed by atoms with Crippen LogP contribution in [0.3, 0.4) is 0 Å². The molecular weight excluding hydrogens is 495 g/mol. The first-order valence-corrected chi connectivity index (χ1v) is 9.61. The summed E-state index contributed by atoms with van der Waals surface area (Å²) in [6, 6.07) is 11.6. The number of benzene rings is 1. The van der Waals surface area contributed by atoms with Gasteiger partial charge in [-0.3, -0.25) is 9.79 Å². The smallest absolute Gasteiger partial charge is 0.289 e. The number of carbonyl (C=O) groups excluding carboxylic acids is 1. The minimum Gasteiger partial charge on any atom is -0.459 e. The summed E-state index contributed by atoms with van der Waals surface area (Å²) in [5.41, 5.74) is 2.24. The number of aliphatic imine (C=N–C) groups is 1. The zero-order valence-corrected chi connectivity index (χ0v) is 19.1. The molecule has 30 heavy (non-hydrogen) atoms. The van der Waals surface area contributed by atoms with Gasteiger partial charge in [0, 0.05) is 52.2 Å². The van der Waals surface area contributed by atoms with Crippen molar-refractivity contribution < 1.29 is 9.21 Å². The molecule has 1 amide bonds. The lowest BCUT2D eigenvalue weighted by atomic mass is 10.1. The summed E-state index contributed by atoms with van der Waals surface area (Å²) in [6.07, 6.45) is 7.02. The van der Waals surface area contributed by atoms with Gasteiger partial charge in [0.25, 0.3) is 5.91 Å². The van der Waals surface area contributed by atoms with Crippen molar-refractivity contribution in [1.29, 1.82) is 0 Å². The Bertz CT molecular complexity index is 963. The van der Waals surface area contributed by atoms with Gasteiger partial charge in [0.05, 0.1) is 18.3 Å². The largest absolute Gasteiger partial charge is 0.459 e. The topological polar surface area (TPSA) is 78.9 Å². The maximum atomic E-state index is 12.4. The average Bonchev–Trinajstić information content (AvgIpc) is 3.49. The lowest BCUT2D eigenvalue weighted by molar-refractivity contribution is 0.0657. The van der Waals surface area contributed by atoms with E-state index in [2.05, 4.69) is 32.3 Å². The fourth-order valence-corrected chi connectivity index (χ4v) is 3.50. The quantitative estimate of drug-likeness (QED) is 0.325. The summed E-state index contributed by atoms with van der Waals surface area (Å²) >= 11 is 0. The van der Waals surface area contributed by atoms with Crippen LogP contribution in [0.1, 0.15) is 16.1 Å². The van der Waals surface area contributed by atoms with E-state index in [4.69, 9.17) is 4.42 Å². The Morgan fingerprint density at radius 2 is 1.90 bits per heavy atom. The van der Waals surface area contributed by atoms with Crippen LogP contribution >= 0.6 is 24.0 Å². The Labute approximate surface area is 192 Å². The number of carbonyl (C=O) groups is 1. The molecule has 1 aliphatic rings. The van der Waals surface area contributed by atoms with E-state index in [1.807, 2.05) is 27.8 Å². The molecule has 0 unspecified atom stereocenters. The zero-order valence-electron chi connectivity index (χ0n) is 16.8. The van der Waals surface area contributed by atoms with Gasteiger partial charge in [0.1, 0.15) is 0 Å². The number of amides is 1. The standard InChI is InChI=1S/C21H24N6O2.HI/c1-22-21(24-15-17-5-2-3-6-18(17)27-9-8-23-16-27)26-12-10-25(11-13-26)20(28)19-7-4-14-29-19;/h2-9,14,16H,10-13,15H2,1H3,(H,22,24);1H. The molecule has 1 saturated heterocycles. The fraction of sp³-hybridized carbons (Fsp3) is 0.286. The third-order valence-electron chi connectivity index (χ3n) is 5.02. The number of imidazole rings is 1. The van der Waals surface area contributed by atoms with Gasteiger partial charge < -0.3 is 24.1 Å². The van der Waals surface area contributed by atoms with Gasteiger partial charge in [-0.1, -0.05) is 18.2 Å². The van der Waals surface area contributed by atoms with Crippen LogP contribution in [-0.2, 0) is 6.54 Å². The summed E-state index contributed by atoms with van der Waals surface area (Å²) < 4.78 is 7.22. The molecule has 0 aliphatic carbocycles. The Kier molecular flexibility index (Phi) is 7.50. The van der Waals surface area contributed by atoms with Crippen molar-refractivity contribution in [2.45, 2.75) is 6.54 Å². The number of halogens is 1. The lowest BCUT2D eigenvalue weighted by Gasteiger charge is -2.36. The molecule has 0 bridgehead atoms. The number of hydrogen-bond acceptors (Lipinski definition) is 4. The second-order valence-corrected chi connectivity index (χ2v) is 6.76. The predicted octanol–water partition coefficient (Wildman–Crippen LogP) is 2.62. The predicted molar refractivity (Wildman–Crippen MR) is 125 cm³/mol. The van der Waals surface area contributed by atoms with E-state index in [1.54, 1.807) is 31.7 Å². The number of aromatic nitrogens is 2. The molecule has 1 fully saturated rings. The second kappa shape index (κ2) is 10.3. The van der Waals surface area contributed by atoms with Crippen LogP contribution in [0, 0.1) is 0 Å². The third-order valence-corrected chi connectivity index (χ3v) is 5.02. The van der Waals surface area contributed by atoms with Crippen molar-refractivity contribution in [2.75, 3.05) is 33.2 Å². The lowest BCUT2D eigenvalue weighted by Crippen LogP contribution is -2.53. The number of rotatable bonds is 4.